The molecule has 0 aromatic heterocycles. The minimum absolute atomic E-state index is 0.0676. The number of halogens is 2. The molecule has 1 aliphatic rings. The lowest BCUT2D eigenvalue weighted by Gasteiger charge is -2.26. The van der Waals surface area contributed by atoms with Crippen LogP contribution >= 0.6 is 23.2 Å². The van der Waals surface area contributed by atoms with Crippen molar-refractivity contribution >= 4 is 40.8 Å². The standard InChI is InChI=1S/C27H21Cl2NO3/c1-18-15-22(28)27(23(29)16-18)33-26(32)12-6-11-25(31)30-17-21-9-3-2-7-19(21)13-14-20-8-4-5-10-24(20)30/h2-5,7-10,15-16H,6,11-12,17H2,1H3. The van der Waals surface area contributed by atoms with Gasteiger partial charge in [0.25, 0.3) is 0 Å². The number of anilines is 1. The highest BCUT2D eigenvalue weighted by Crippen LogP contribution is 2.34. The van der Waals surface area contributed by atoms with Crippen molar-refractivity contribution in [2.24, 2.45) is 0 Å². The molecule has 3 aromatic carbocycles. The Morgan fingerprint density at radius 2 is 1.58 bits per heavy atom. The van der Waals surface area contributed by atoms with Gasteiger partial charge in [0.15, 0.2) is 5.75 Å². The first-order valence-corrected chi connectivity index (χ1v) is 11.3. The molecule has 4 rings (SSSR count). The zero-order valence-electron chi connectivity index (χ0n) is 18.0. The third-order valence-electron chi connectivity index (χ3n) is 5.30. The average molecular weight is 478 g/mol. The minimum atomic E-state index is -0.486. The van der Waals surface area contributed by atoms with Crippen LogP contribution in [0.1, 0.15) is 41.5 Å². The summed E-state index contributed by atoms with van der Waals surface area (Å²) in [4.78, 5) is 27.3. The molecular weight excluding hydrogens is 457 g/mol. The molecule has 3 aromatic rings. The number of ether oxygens (including phenoxy) is 1. The fourth-order valence-corrected chi connectivity index (χ4v) is 4.35. The fourth-order valence-electron chi connectivity index (χ4n) is 3.68. The van der Waals surface area contributed by atoms with Crippen molar-refractivity contribution in [2.75, 3.05) is 4.90 Å². The van der Waals surface area contributed by atoms with E-state index in [2.05, 4.69) is 11.8 Å². The van der Waals surface area contributed by atoms with E-state index in [9.17, 15) is 9.59 Å². The average Bonchev–Trinajstić information content (AvgIpc) is 2.77. The highest BCUT2D eigenvalue weighted by Gasteiger charge is 2.21. The number of rotatable bonds is 5. The first kappa shape index (κ1) is 22.9. The van der Waals surface area contributed by atoms with Crippen molar-refractivity contribution in [1.82, 2.24) is 0 Å². The van der Waals surface area contributed by atoms with Crippen molar-refractivity contribution < 1.29 is 14.3 Å². The number of hydrogen-bond donors (Lipinski definition) is 0. The van der Waals surface area contributed by atoms with Gasteiger partial charge in [0.05, 0.1) is 22.3 Å². The van der Waals surface area contributed by atoms with Gasteiger partial charge in [0.2, 0.25) is 5.91 Å². The van der Waals surface area contributed by atoms with Crippen LogP contribution in [0.5, 0.6) is 5.75 Å². The summed E-state index contributed by atoms with van der Waals surface area (Å²) in [5.41, 5.74) is 4.32. The molecule has 1 aliphatic heterocycles. The molecule has 0 spiro atoms. The molecule has 0 unspecified atom stereocenters. The molecule has 0 saturated carbocycles. The van der Waals surface area contributed by atoms with Crippen molar-refractivity contribution in [3.63, 3.8) is 0 Å². The lowest BCUT2D eigenvalue weighted by atomic mass is 10.0. The number of esters is 1. The van der Waals surface area contributed by atoms with Gasteiger partial charge < -0.3 is 9.64 Å². The van der Waals surface area contributed by atoms with E-state index in [1.54, 1.807) is 17.0 Å². The van der Waals surface area contributed by atoms with Gasteiger partial charge in [0.1, 0.15) is 0 Å². The number of aryl methyl sites for hydroxylation is 1. The summed E-state index contributed by atoms with van der Waals surface area (Å²) in [6.45, 7) is 2.27. The Morgan fingerprint density at radius 1 is 0.939 bits per heavy atom. The van der Waals surface area contributed by atoms with Gasteiger partial charge >= 0.3 is 5.97 Å². The highest BCUT2D eigenvalue weighted by molar-refractivity contribution is 6.37. The van der Waals surface area contributed by atoms with Crippen LogP contribution in [-0.2, 0) is 16.1 Å². The van der Waals surface area contributed by atoms with Crippen LogP contribution in [0.4, 0.5) is 5.69 Å². The smallest absolute Gasteiger partial charge is 0.311 e. The summed E-state index contributed by atoms with van der Waals surface area (Å²) < 4.78 is 5.35. The minimum Gasteiger partial charge on any atom is -0.423 e. The predicted molar refractivity (Wildman–Crippen MR) is 131 cm³/mol. The summed E-state index contributed by atoms with van der Waals surface area (Å²) in [6, 6.07) is 18.8. The van der Waals surface area contributed by atoms with E-state index in [0.717, 1.165) is 27.9 Å². The first-order valence-electron chi connectivity index (χ1n) is 10.6. The maximum absolute atomic E-state index is 13.2. The van der Waals surface area contributed by atoms with E-state index < -0.39 is 5.97 Å². The molecule has 4 nitrogen and oxygen atoms in total. The van der Waals surface area contributed by atoms with Crippen molar-refractivity contribution in [2.45, 2.75) is 32.7 Å². The Bertz CT molecular complexity index is 1270. The third-order valence-corrected chi connectivity index (χ3v) is 5.87. The Kier molecular flexibility index (Phi) is 7.03. The van der Waals surface area contributed by atoms with Gasteiger partial charge in [-0.15, -0.1) is 0 Å². The second-order valence-electron chi connectivity index (χ2n) is 7.79. The molecular formula is C27H21Cl2NO3. The molecule has 1 heterocycles. The molecule has 166 valence electrons. The lowest BCUT2D eigenvalue weighted by molar-refractivity contribution is -0.134. The van der Waals surface area contributed by atoms with Crippen LogP contribution in [0.2, 0.25) is 10.0 Å². The van der Waals surface area contributed by atoms with Crippen molar-refractivity contribution in [3.8, 4) is 17.6 Å². The van der Waals surface area contributed by atoms with E-state index in [1.165, 1.54) is 0 Å². The van der Waals surface area contributed by atoms with E-state index in [1.807, 2.05) is 55.5 Å². The predicted octanol–water partition coefficient (Wildman–Crippen LogP) is 6.32. The van der Waals surface area contributed by atoms with Gasteiger partial charge in [-0.1, -0.05) is 65.4 Å². The molecule has 33 heavy (non-hydrogen) atoms. The maximum Gasteiger partial charge on any atom is 0.311 e. The second-order valence-corrected chi connectivity index (χ2v) is 8.60. The van der Waals surface area contributed by atoms with E-state index >= 15 is 0 Å². The van der Waals surface area contributed by atoms with Gasteiger partial charge in [-0.05, 0) is 54.8 Å². The van der Waals surface area contributed by atoms with Crippen LogP contribution in [0.15, 0.2) is 60.7 Å². The van der Waals surface area contributed by atoms with Crippen LogP contribution in [0.3, 0.4) is 0 Å². The zero-order chi connectivity index (χ0) is 23.4. The Balaban J connectivity index is 1.44. The van der Waals surface area contributed by atoms with E-state index in [-0.39, 0.29) is 34.5 Å². The van der Waals surface area contributed by atoms with Crippen molar-refractivity contribution in [3.05, 3.63) is 93.0 Å². The molecule has 0 bridgehead atoms. The van der Waals surface area contributed by atoms with Crippen LogP contribution in [-0.4, -0.2) is 11.9 Å². The Labute approximate surface area is 203 Å². The first-order chi connectivity index (χ1) is 15.9. The number of para-hydroxylation sites is 1. The quantitative estimate of drug-likeness (QED) is 0.245. The molecule has 0 atom stereocenters. The molecule has 6 heteroatoms. The van der Waals surface area contributed by atoms with Gasteiger partial charge in [0, 0.05) is 24.0 Å². The lowest BCUT2D eigenvalue weighted by Crippen LogP contribution is -2.31. The van der Waals surface area contributed by atoms with E-state index in [0.29, 0.717) is 13.0 Å². The number of amides is 1. The van der Waals surface area contributed by atoms with Crippen molar-refractivity contribution in [1.29, 1.82) is 0 Å². The van der Waals surface area contributed by atoms with E-state index in [4.69, 9.17) is 27.9 Å². The highest BCUT2D eigenvalue weighted by atomic mass is 35.5. The molecule has 0 radical (unpaired) electrons. The van der Waals surface area contributed by atoms with Gasteiger partial charge in [-0.3, -0.25) is 9.59 Å². The summed E-state index contributed by atoms with van der Waals surface area (Å²) >= 11 is 12.3. The molecule has 0 fully saturated rings. The Morgan fingerprint density at radius 3 is 2.33 bits per heavy atom. The topological polar surface area (TPSA) is 46.6 Å². The summed E-state index contributed by atoms with van der Waals surface area (Å²) in [5, 5.41) is 0.558. The third kappa shape index (κ3) is 5.39. The molecule has 0 aliphatic carbocycles. The molecule has 0 N–H and O–H groups in total. The fraction of sp³-hybridized carbons (Fsp3) is 0.185. The van der Waals surface area contributed by atoms with Crippen LogP contribution in [0.25, 0.3) is 0 Å². The summed E-state index contributed by atoms with van der Waals surface area (Å²) in [6.07, 6.45) is 0.595. The second kappa shape index (κ2) is 10.1. The number of benzene rings is 3. The molecule has 0 saturated heterocycles. The number of fused-ring (bicyclic) bond motifs is 2. The van der Waals surface area contributed by atoms with Crippen LogP contribution in [0, 0.1) is 18.8 Å². The number of carbonyl (C=O) groups excluding carboxylic acids is 2. The monoisotopic (exact) mass is 477 g/mol. The summed E-state index contributed by atoms with van der Waals surface area (Å²) in [5.74, 6) is 5.96. The largest absolute Gasteiger partial charge is 0.423 e. The Hall–Kier alpha value is -3.26. The van der Waals surface area contributed by atoms with Gasteiger partial charge in [-0.25, -0.2) is 0 Å². The normalized spacial score (nSPS) is 11.9. The number of hydrogen-bond acceptors (Lipinski definition) is 3. The summed E-state index contributed by atoms with van der Waals surface area (Å²) in [7, 11) is 0. The SMILES string of the molecule is Cc1cc(Cl)c(OC(=O)CCCC(=O)N2Cc3ccccc3C#Cc3ccccc32)c(Cl)c1. The zero-order valence-corrected chi connectivity index (χ0v) is 19.5. The van der Waals surface area contributed by atoms with Gasteiger partial charge in [-0.2, -0.15) is 0 Å². The number of nitrogens with zero attached hydrogens (tertiary/aromatic N) is 1. The van der Waals surface area contributed by atoms with Crippen LogP contribution < -0.4 is 9.64 Å². The maximum atomic E-state index is 13.2. The number of carbonyl (C=O) groups is 2. The molecule has 1 amide bonds.